The lowest BCUT2D eigenvalue weighted by molar-refractivity contribution is 0.462. The van der Waals surface area contributed by atoms with Crippen LogP contribution in [0.2, 0.25) is 5.02 Å². The highest BCUT2D eigenvalue weighted by molar-refractivity contribution is 9.10. The zero-order valence-electron chi connectivity index (χ0n) is 7.65. The summed E-state index contributed by atoms with van der Waals surface area (Å²) in [5.41, 5.74) is 0. The van der Waals surface area contributed by atoms with Crippen LogP contribution in [0.3, 0.4) is 0 Å². The summed E-state index contributed by atoms with van der Waals surface area (Å²) in [4.78, 5) is 4.03. The molecule has 0 fully saturated rings. The van der Waals surface area contributed by atoms with Gasteiger partial charge in [0.25, 0.3) is 0 Å². The van der Waals surface area contributed by atoms with Crippen LogP contribution in [0.1, 0.15) is 0 Å². The van der Waals surface area contributed by atoms with Gasteiger partial charge in [0.1, 0.15) is 5.75 Å². The lowest BCUT2D eigenvalue weighted by atomic mass is 10.3. The topological polar surface area (TPSA) is 22.1 Å². The molecule has 0 N–H and O–H groups in total. The minimum atomic E-state index is 0.525. The SMILES string of the molecule is Clc1ccc(Oc2cccc(Br)c2)nc1. The van der Waals surface area contributed by atoms with E-state index in [0.29, 0.717) is 10.9 Å². The predicted molar refractivity (Wildman–Crippen MR) is 63.5 cm³/mol. The molecule has 0 bridgehead atoms. The summed E-state index contributed by atoms with van der Waals surface area (Å²) >= 11 is 9.08. The van der Waals surface area contributed by atoms with Crippen molar-refractivity contribution in [1.82, 2.24) is 4.98 Å². The Labute approximate surface area is 101 Å². The lowest BCUT2D eigenvalue weighted by Crippen LogP contribution is -1.86. The molecule has 0 spiro atoms. The first-order valence-corrected chi connectivity index (χ1v) is 5.46. The van der Waals surface area contributed by atoms with Crippen molar-refractivity contribution < 1.29 is 4.74 Å². The first kappa shape index (κ1) is 10.5. The number of pyridine rings is 1. The quantitative estimate of drug-likeness (QED) is 0.821. The van der Waals surface area contributed by atoms with Gasteiger partial charge in [0.05, 0.1) is 5.02 Å². The van der Waals surface area contributed by atoms with Gasteiger partial charge in [-0.25, -0.2) is 4.98 Å². The van der Waals surface area contributed by atoms with Crippen molar-refractivity contribution in [3.63, 3.8) is 0 Å². The molecular weight excluding hydrogens is 277 g/mol. The van der Waals surface area contributed by atoms with Gasteiger partial charge in [-0.15, -0.1) is 0 Å². The van der Waals surface area contributed by atoms with E-state index in [2.05, 4.69) is 20.9 Å². The molecule has 0 radical (unpaired) electrons. The lowest BCUT2D eigenvalue weighted by Gasteiger charge is -2.04. The van der Waals surface area contributed by atoms with Crippen LogP contribution in [0.15, 0.2) is 47.1 Å². The number of benzene rings is 1. The molecule has 0 aliphatic rings. The summed E-state index contributed by atoms with van der Waals surface area (Å²) < 4.78 is 6.48. The highest BCUT2D eigenvalue weighted by Crippen LogP contribution is 2.23. The molecule has 0 unspecified atom stereocenters. The smallest absolute Gasteiger partial charge is 0.219 e. The van der Waals surface area contributed by atoms with Crippen molar-refractivity contribution in [3.05, 3.63) is 52.1 Å². The summed E-state index contributed by atoms with van der Waals surface area (Å²) in [6.45, 7) is 0. The molecule has 1 aromatic carbocycles. The third-order valence-corrected chi connectivity index (χ3v) is 2.44. The second kappa shape index (κ2) is 4.64. The van der Waals surface area contributed by atoms with Gasteiger partial charge in [0, 0.05) is 16.7 Å². The predicted octanol–water partition coefficient (Wildman–Crippen LogP) is 4.29. The summed E-state index contributed by atoms with van der Waals surface area (Å²) in [6.07, 6.45) is 1.55. The van der Waals surface area contributed by atoms with E-state index in [9.17, 15) is 0 Å². The minimum absolute atomic E-state index is 0.525. The number of nitrogens with zero attached hydrogens (tertiary/aromatic N) is 1. The summed E-state index contributed by atoms with van der Waals surface area (Å²) in [5, 5.41) is 0.594. The highest BCUT2D eigenvalue weighted by Gasteiger charge is 1.98. The van der Waals surface area contributed by atoms with Crippen molar-refractivity contribution in [3.8, 4) is 11.6 Å². The normalized spacial score (nSPS) is 10.0. The number of ether oxygens (including phenoxy) is 1. The van der Waals surface area contributed by atoms with E-state index >= 15 is 0 Å². The van der Waals surface area contributed by atoms with E-state index in [4.69, 9.17) is 16.3 Å². The first-order chi connectivity index (χ1) is 7.24. The van der Waals surface area contributed by atoms with E-state index < -0.39 is 0 Å². The van der Waals surface area contributed by atoms with Gasteiger partial charge < -0.3 is 4.74 Å². The molecule has 2 aromatic rings. The second-order valence-corrected chi connectivity index (χ2v) is 4.23. The average molecular weight is 285 g/mol. The van der Waals surface area contributed by atoms with Crippen molar-refractivity contribution >= 4 is 27.5 Å². The Bertz CT molecular complexity index is 458. The van der Waals surface area contributed by atoms with Crippen molar-refractivity contribution in [2.75, 3.05) is 0 Å². The average Bonchev–Trinajstić information content (AvgIpc) is 2.22. The van der Waals surface area contributed by atoms with E-state index in [-0.39, 0.29) is 0 Å². The fourth-order valence-corrected chi connectivity index (χ4v) is 1.56. The van der Waals surface area contributed by atoms with E-state index in [0.717, 1.165) is 10.2 Å². The van der Waals surface area contributed by atoms with Crippen LogP contribution >= 0.6 is 27.5 Å². The van der Waals surface area contributed by atoms with Gasteiger partial charge in [-0.2, -0.15) is 0 Å². The van der Waals surface area contributed by atoms with Gasteiger partial charge in [0.2, 0.25) is 5.88 Å². The molecule has 76 valence electrons. The first-order valence-electron chi connectivity index (χ1n) is 4.29. The van der Waals surface area contributed by atoms with E-state index in [1.54, 1.807) is 18.3 Å². The number of halogens is 2. The van der Waals surface area contributed by atoms with Crippen molar-refractivity contribution in [1.29, 1.82) is 0 Å². The maximum Gasteiger partial charge on any atom is 0.219 e. The molecule has 0 atom stereocenters. The fourth-order valence-electron chi connectivity index (χ4n) is 1.07. The standard InChI is InChI=1S/C11H7BrClNO/c12-8-2-1-3-10(6-8)15-11-5-4-9(13)7-14-11/h1-7H. The number of rotatable bonds is 2. The van der Waals surface area contributed by atoms with Gasteiger partial charge in [-0.1, -0.05) is 33.6 Å². The number of aromatic nitrogens is 1. The van der Waals surface area contributed by atoms with Crippen molar-refractivity contribution in [2.24, 2.45) is 0 Å². The summed E-state index contributed by atoms with van der Waals surface area (Å²) in [7, 11) is 0. The monoisotopic (exact) mass is 283 g/mol. The van der Waals surface area contributed by atoms with Crippen LogP contribution in [-0.4, -0.2) is 4.98 Å². The Morgan fingerprint density at radius 2 is 2.07 bits per heavy atom. The molecule has 0 aliphatic carbocycles. The molecular formula is C11H7BrClNO. The molecule has 2 nitrogen and oxygen atoms in total. The molecule has 1 aromatic heterocycles. The maximum atomic E-state index is 5.71. The third kappa shape index (κ3) is 2.94. The molecule has 4 heteroatoms. The molecule has 0 amide bonds. The molecule has 0 aliphatic heterocycles. The Morgan fingerprint density at radius 1 is 1.20 bits per heavy atom. The van der Waals surface area contributed by atoms with Crippen LogP contribution in [-0.2, 0) is 0 Å². The fraction of sp³-hybridized carbons (Fsp3) is 0. The number of hydrogen-bond donors (Lipinski definition) is 0. The van der Waals surface area contributed by atoms with E-state index in [1.165, 1.54) is 0 Å². The summed E-state index contributed by atoms with van der Waals surface area (Å²) in [5.74, 6) is 1.26. The zero-order chi connectivity index (χ0) is 10.7. The largest absolute Gasteiger partial charge is 0.439 e. The van der Waals surface area contributed by atoms with Gasteiger partial charge >= 0.3 is 0 Å². The minimum Gasteiger partial charge on any atom is -0.439 e. The Morgan fingerprint density at radius 3 is 2.73 bits per heavy atom. The second-order valence-electron chi connectivity index (χ2n) is 2.87. The Kier molecular flexibility index (Phi) is 3.23. The van der Waals surface area contributed by atoms with Gasteiger partial charge in [0.15, 0.2) is 0 Å². The van der Waals surface area contributed by atoms with Crippen LogP contribution in [0.5, 0.6) is 11.6 Å². The van der Waals surface area contributed by atoms with Gasteiger partial charge in [-0.3, -0.25) is 0 Å². The zero-order valence-corrected chi connectivity index (χ0v) is 9.99. The highest BCUT2D eigenvalue weighted by atomic mass is 79.9. The molecule has 2 rings (SSSR count). The van der Waals surface area contributed by atoms with Crippen molar-refractivity contribution in [2.45, 2.75) is 0 Å². The molecule has 1 heterocycles. The van der Waals surface area contributed by atoms with E-state index in [1.807, 2.05) is 24.3 Å². The van der Waals surface area contributed by atoms with Gasteiger partial charge in [-0.05, 0) is 24.3 Å². The molecule has 15 heavy (non-hydrogen) atoms. The van der Waals surface area contributed by atoms with Crippen LogP contribution in [0.25, 0.3) is 0 Å². The Balaban J connectivity index is 2.18. The summed E-state index contributed by atoms with van der Waals surface area (Å²) in [6, 6.07) is 11.0. The van der Waals surface area contributed by atoms with Crippen LogP contribution in [0, 0.1) is 0 Å². The van der Waals surface area contributed by atoms with Crippen LogP contribution < -0.4 is 4.74 Å². The molecule has 0 saturated heterocycles. The number of hydrogen-bond acceptors (Lipinski definition) is 2. The maximum absolute atomic E-state index is 5.71. The molecule has 0 saturated carbocycles. The Hall–Kier alpha value is -1.06. The third-order valence-electron chi connectivity index (χ3n) is 1.72. The van der Waals surface area contributed by atoms with Crippen LogP contribution in [0.4, 0.5) is 0 Å².